The molecule has 1 atom stereocenters. The molecule has 0 amide bonds. The van der Waals surface area contributed by atoms with Crippen molar-refractivity contribution in [1.29, 1.82) is 0 Å². The minimum absolute atomic E-state index is 0.148. The van der Waals surface area contributed by atoms with E-state index >= 15 is 0 Å². The maximum absolute atomic E-state index is 13.3. The summed E-state index contributed by atoms with van der Waals surface area (Å²) < 4.78 is 26.5. The number of benzene rings is 2. The first-order valence-electron chi connectivity index (χ1n) is 6.55. The molecule has 0 radical (unpaired) electrons. The van der Waals surface area contributed by atoms with Crippen LogP contribution in [-0.2, 0) is 0 Å². The van der Waals surface area contributed by atoms with Gasteiger partial charge in [0.15, 0.2) is 0 Å². The van der Waals surface area contributed by atoms with Gasteiger partial charge in [0.05, 0.1) is 11.2 Å². The number of hydrogen-bond acceptors (Lipinski definition) is 2. The van der Waals surface area contributed by atoms with Gasteiger partial charge in [0, 0.05) is 11.5 Å². The van der Waals surface area contributed by atoms with Crippen LogP contribution >= 0.6 is 0 Å². The first-order valence-corrected chi connectivity index (χ1v) is 6.55. The van der Waals surface area contributed by atoms with Gasteiger partial charge in [-0.15, -0.1) is 0 Å². The number of aromatic nitrogens is 1. The second-order valence-electron chi connectivity index (χ2n) is 4.99. The van der Waals surface area contributed by atoms with E-state index in [1.165, 1.54) is 0 Å². The molecule has 1 unspecified atom stereocenters. The minimum atomic E-state index is -1.17. The Balaban J connectivity index is 2.11. The van der Waals surface area contributed by atoms with Crippen LogP contribution in [-0.4, -0.2) is 10.1 Å². The highest BCUT2D eigenvalue weighted by atomic mass is 19.1. The van der Waals surface area contributed by atoms with Gasteiger partial charge in [-0.2, -0.15) is 0 Å². The lowest BCUT2D eigenvalue weighted by molar-refractivity contribution is 0.214. The van der Waals surface area contributed by atoms with Crippen LogP contribution < -0.4 is 0 Å². The summed E-state index contributed by atoms with van der Waals surface area (Å²) in [6, 6.07) is 12.3. The molecule has 0 saturated carbocycles. The third-order valence-electron chi connectivity index (χ3n) is 3.42. The fourth-order valence-electron chi connectivity index (χ4n) is 2.42. The van der Waals surface area contributed by atoms with E-state index in [0.29, 0.717) is 5.69 Å². The molecule has 2 aromatic carbocycles. The topological polar surface area (TPSA) is 33.1 Å². The van der Waals surface area contributed by atoms with Crippen LogP contribution in [0, 0.1) is 18.6 Å². The quantitative estimate of drug-likeness (QED) is 0.774. The second-order valence-corrected chi connectivity index (χ2v) is 4.99. The van der Waals surface area contributed by atoms with Gasteiger partial charge in [0.25, 0.3) is 0 Å². The SMILES string of the molecule is Cc1cc(C(O)c2cc(F)cc(F)c2)nc2ccccc12. The molecule has 2 nitrogen and oxygen atoms in total. The van der Waals surface area contributed by atoms with E-state index in [-0.39, 0.29) is 5.56 Å². The van der Waals surface area contributed by atoms with Crippen molar-refractivity contribution in [2.45, 2.75) is 13.0 Å². The molecular weight excluding hydrogens is 272 g/mol. The first kappa shape index (κ1) is 13.6. The lowest BCUT2D eigenvalue weighted by Gasteiger charge is -2.13. The van der Waals surface area contributed by atoms with Crippen LogP contribution in [0.4, 0.5) is 8.78 Å². The average molecular weight is 285 g/mol. The molecule has 0 fully saturated rings. The van der Waals surface area contributed by atoms with Crippen LogP contribution in [0.15, 0.2) is 48.5 Å². The lowest BCUT2D eigenvalue weighted by atomic mass is 10.0. The van der Waals surface area contributed by atoms with Crippen LogP contribution in [0.5, 0.6) is 0 Å². The van der Waals surface area contributed by atoms with Crippen LogP contribution in [0.2, 0.25) is 0 Å². The molecule has 4 heteroatoms. The zero-order chi connectivity index (χ0) is 15.0. The fourth-order valence-corrected chi connectivity index (χ4v) is 2.42. The van der Waals surface area contributed by atoms with E-state index < -0.39 is 17.7 Å². The Labute approximate surface area is 120 Å². The molecule has 1 heterocycles. The summed E-state index contributed by atoms with van der Waals surface area (Å²) in [6.07, 6.45) is -1.17. The van der Waals surface area contributed by atoms with Gasteiger partial charge in [0.2, 0.25) is 0 Å². The van der Waals surface area contributed by atoms with Gasteiger partial charge in [0.1, 0.15) is 17.7 Å². The van der Waals surface area contributed by atoms with Gasteiger partial charge in [-0.25, -0.2) is 13.8 Å². The van der Waals surface area contributed by atoms with Gasteiger partial charge < -0.3 is 5.11 Å². The molecule has 0 spiro atoms. The summed E-state index contributed by atoms with van der Waals surface area (Å²) in [6.45, 7) is 1.91. The third kappa shape index (κ3) is 2.62. The number of aliphatic hydroxyl groups excluding tert-OH is 1. The number of halogens is 2. The Hall–Kier alpha value is -2.33. The number of hydrogen-bond donors (Lipinski definition) is 1. The van der Waals surface area contributed by atoms with Gasteiger partial charge in [-0.05, 0) is 42.3 Å². The largest absolute Gasteiger partial charge is 0.382 e. The highest BCUT2D eigenvalue weighted by Crippen LogP contribution is 2.26. The number of pyridine rings is 1. The molecule has 0 aliphatic carbocycles. The van der Waals surface area contributed by atoms with Crippen molar-refractivity contribution in [2.24, 2.45) is 0 Å². The summed E-state index contributed by atoms with van der Waals surface area (Å²) in [5, 5.41) is 11.3. The molecule has 3 aromatic rings. The van der Waals surface area contributed by atoms with Gasteiger partial charge in [-0.3, -0.25) is 0 Å². The zero-order valence-electron chi connectivity index (χ0n) is 11.3. The molecule has 21 heavy (non-hydrogen) atoms. The highest BCUT2D eigenvalue weighted by Gasteiger charge is 2.15. The van der Waals surface area contributed by atoms with E-state index in [1.807, 2.05) is 31.2 Å². The van der Waals surface area contributed by atoms with Gasteiger partial charge in [-0.1, -0.05) is 18.2 Å². The van der Waals surface area contributed by atoms with Crippen molar-refractivity contribution in [3.63, 3.8) is 0 Å². The molecule has 0 bridgehead atoms. The summed E-state index contributed by atoms with van der Waals surface area (Å²) >= 11 is 0. The Kier molecular flexibility index (Phi) is 3.39. The standard InChI is InChI=1S/C17H13F2NO/c1-10-6-16(20-15-5-3-2-4-14(10)15)17(21)11-7-12(18)9-13(19)8-11/h2-9,17,21H,1H3. The molecule has 0 saturated heterocycles. The summed E-state index contributed by atoms with van der Waals surface area (Å²) in [5.74, 6) is -1.44. The predicted octanol–water partition coefficient (Wildman–Crippen LogP) is 3.90. The Morgan fingerprint density at radius 2 is 1.67 bits per heavy atom. The summed E-state index contributed by atoms with van der Waals surface area (Å²) in [4.78, 5) is 4.38. The zero-order valence-corrected chi connectivity index (χ0v) is 11.3. The van der Waals surface area contributed by atoms with E-state index in [9.17, 15) is 13.9 Å². The maximum atomic E-state index is 13.3. The molecule has 106 valence electrons. The normalized spacial score (nSPS) is 12.6. The van der Waals surface area contributed by atoms with E-state index in [1.54, 1.807) is 6.07 Å². The number of aliphatic hydroxyl groups is 1. The first-order chi connectivity index (χ1) is 10.0. The van der Waals surface area contributed by atoms with Crippen molar-refractivity contribution in [3.05, 3.63) is 77.0 Å². The third-order valence-corrected chi connectivity index (χ3v) is 3.42. The number of rotatable bonds is 2. The Bertz CT molecular complexity index is 797. The van der Waals surface area contributed by atoms with Crippen LogP contribution in [0.25, 0.3) is 10.9 Å². The molecule has 0 aliphatic heterocycles. The van der Waals surface area contributed by atoms with Gasteiger partial charge >= 0.3 is 0 Å². The molecule has 1 aromatic heterocycles. The van der Waals surface area contributed by atoms with Crippen LogP contribution in [0.3, 0.4) is 0 Å². The fraction of sp³-hybridized carbons (Fsp3) is 0.118. The maximum Gasteiger partial charge on any atom is 0.126 e. The number of aryl methyl sites for hydroxylation is 1. The van der Waals surface area contributed by atoms with E-state index in [0.717, 1.165) is 34.7 Å². The van der Waals surface area contributed by atoms with Crippen molar-refractivity contribution in [1.82, 2.24) is 4.98 Å². The Morgan fingerprint density at radius 3 is 2.38 bits per heavy atom. The van der Waals surface area contributed by atoms with Crippen molar-refractivity contribution in [3.8, 4) is 0 Å². The van der Waals surface area contributed by atoms with E-state index in [2.05, 4.69) is 4.98 Å². The van der Waals surface area contributed by atoms with E-state index in [4.69, 9.17) is 0 Å². The average Bonchev–Trinajstić information content (AvgIpc) is 2.45. The van der Waals surface area contributed by atoms with Crippen molar-refractivity contribution < 1.29 is 13.9 Å². The Morgan fingerprint density at radius 1 is 1.00 bits per heavy atom. The number of fused-ring (bicyclic) bond motifs is 1. The molecule has 3 rings (SSSR count). The summed E-state index contributed by atoms with van der Waals surface area (Å²) in [5.41, 5.74) is 2.21. The molecule has 0 aliphatic rings. The number of nitrogens with zero attached hydrogens (tertiary/aromatic N) is 1. The van der Waals surface area contributed by atoms with Crippen molar-refractivity contribution >= 4 is 10.9 Å². The smallest absolute Gasteiger partial charge is 0.126 e. The second kappa shape index (κ2) is 5.22. The number of para-hydroxylation sites is 1. The van der Waals surface area contributed by atoms with Crippen molar-refractivity contribution in [2.75, 3.05) is 0 Å². The minimum Gasteiger partial charge on any atom is -0.382 e. The predicted molar refractivity (Wildman–Crippen MR) is 76.9 cm³/mol. The monoisotopic (exact) mass is 285 g/mol. The lowest BCUT2D eigenvalue weighted by Crippen LogP contribution is -2.04. The molecule has 1 N–H and O–H groups in total. The molecular formula is C17H13F2NO. The summed E-state index contributed by atoms with van der Waals surface area (Å²) in [7, 11) is 0. The highest BCUT2D eigenvalue weighted by molar-refractivity contribution is 5.82. The van der Waals surface area contributed by atoms with Crippen LogP contribution in [0.1, 0.15) is 22.9 Å².